The van der Waals surface area contributed by atoms with Gasteiger partial charge in [-0.15, -0.1) is 0 Å². The number of rotatable bonds is 7. The van der Waals surface area contributed by atoms with Gasteiger partial charge in [0.15, 0.2) is 0 Å². The summed E-state index contributed by atoms with van der Waals surface area (Å²) in [6, 6.07) is -0.158. The molecule has 0 bridgehead atoms. The second-order valence-corrected chi connectivity index (χ2v) is 4.71. The van der Waals surface area contributed by atoms with Gasteiger partial charge in [-0.25, -0.2) is 0 Å². The van der Waals surface area contributed by atoms with Crippen molar-refractivity contribution in [1.29, 1.82) is 0 Å². The Hall–Kier alpha value is -0.650. The summed E-state index contributed by atoms with van der Waals surface area (Å²) >= 11 is 0. The van der Waals surface area contributed by atoms with E-state index in [1.54, 1.807) is 7.11 Å². The number of aliphatic hydroxyl groups is 1. The molecule has 100 valence electrons. The van der Waals surface area contributed by atoms with Gasteiger partial charge in [-0.2, -0.15) is 0 Å². The predicted molar refractivity (Wildman–Crippen MR) is 65.7 cm³/mol. The number of nitrogens with one attached hydrogen (secondary N) is 2. The van der Waals surface area contributed by atoms with Crippen LogP contribution in [0.3, 0.4) is 0 Å². The van der Waals surface area contributed by atoms with Crippen molar-refractivity contribution in [3.05, 3.63) is 0 Å². The Labute approximate surface area is 103 Å². The molecule has 1 amide bonds. The maximum absolute atomic E-state index is 11.9. The zero-order chi connectivity index (χ0) is 12.7. The molecule has 0 aromatic carbocycles. The quantitative estimate of drug-likeness (QED) is 0.591. The number of aliphatic hydroxyl groups excluding tert-OH is 1. The SMILES string of the molecule is COCC(CO)NC(C)C(=O)NC1CCCC1. The molecule has 0 aromatic heterocycles. The molecule has 2 atom stereocenters. The first-order valence-electron chi connectivity index (χ1n) is 6.33. The van der Waals surface area contributed by atoms with Gasteiger partial charge < -0.3 is 15.2 Å². The number of carbonyl (C=O) groups excluding carboxylic acids is 1. The predicted octanol–water partition coefficient (Wildman–Crippen LogP) is 0.0306. The highest BCUT2D eigenvalue weighted by Crippen LogP contribution is 2.17. The zero-order valence-electron chi connectivity index (χ0n) is 10.7. The fourth-order valence-electron chi connectivity index (χ4n) is 2.18. The summed E-state index contributed by atoms with van der Waals surface area (Å²) in [6.45, 7) is 2.18. The van der Waals surface area contributed by atoms with Gasteiger partial charge in [0.1, 0.15) is 0 Å². The van der Waals surface area contributed by atoms with Gasteiger partial charge in [0.05, 0.1) is 25.3 Å². The first kappa shape index (κ1) is 14.4. The Morgan fingerprint density at radius 2 is 2.12 bits per heavy atom. The lowest BCUT2D eigenvalue weighted by Crippen LogP contribution is -2.51. The van der Waals surface area contributed by atoms with Crippen molar-refractivity contribution in [3.63, 3.8) is 0 Å². The van der Waals surface area contributed by atoms with Gasteiger partial charge in [0.25, 0.3) is 0 Å². The summed E-state index contributed by atoms with van der Waals surface area (Å²) < 4.78 is 4.95. The van der Waals surface area contributed by atoms with Gasteiger partial charge in [-0.3, -0.25) is 10.1 Å². The Bertz CT molecular complexity index is 230. The average molecular weight is 244 g/mol. The topological polar surface area (TPSA) is 70.6 Å². The van der Waals surface area contributed by atoms with Gasteiger partial charge in [0, 0.05) is 13.2 Å². The van der Waals surface area contributed by atoms with Crippen LogP contribution in [-0.4, -0.2) is 49.5 Å². The Morgan fingerprint density at radius 3 is 2.65 bits per heavy atom. The molecule has 17 heavy (non-hydrogen) atoms. The van der Waals surface area contributed by atoms with E-state index in [9.17, 15) is 4.79 Å². The summed E-state index contributed by atoms with van der Waals surface area (Å²) in [6.07, 6.45) is 4.57. The number of amides is 1. The van der Waals surface area contributed by atoms with Crippen LogP contribution in [0.1, 0.15) is 32.6 Å². The number of hydrogen-bond donors (Lipinski definition) is 3. The third-order valence-electron chi connectivity index (χ3n) is 3.17. The molecule has 1 rings (SSSR count). The lowest BCUT2D eigenvalue weighted by molar-refractivity contribution is -0.123. The highest BCUT2D eigenvalue weighted by molar-refractivity contribution is 5.81. The second kappa shape index (κ2) is 7.63. The molecule has 1 fully saturated rings. The smallest absolute Gasteiger partial charge is 0.237 e. The van der Waals surface area contributed by atoms with E-state index in [0.29, 0.717) is 12.6 Å². The van der Waals surface area contributed by atoms with E-state index >= 15 is 0 Å². The van der Waals surface area contributed by atoms with Gasteiger partial charge in [0.2, 0.25) is 5.91 Å². The monoisotopic (exact) mass is 244 g/mol. The van der Waals surface area contributed by atoms with Crippen LogP contribution in [0.15, 0.2) is 0 Å². The molecule has 2 unspecified atom stereocenters. The summed E-state index contributed by atoms with van der Waals surface area (Å²) in [5, 5.41) is 15.2. The molecule has 5 heteroatoms. The van der Waals surface area contributed by atoms with Crippen molar-refractivity contribution in [2.45, 2.75) is 50.7 Å². The minimum absolute atomic E-state index is 0.00598. The normalized spacial score (nSPS) is 20.2. The van der Waals surface area contributed by atoms with Crippen molar-refractivity contribution in [3.8, 4) is 0 Å². The second-order valence-electron chi connectivity index (χ2n) is 4.71. The van der Waals surface area contributed by atoms with E-state index in [1.165, 1.54) is 12.8 Å². The molecule has 1 aliphatic rings. The van der Waals surface area contributed by atoms with E-state index in [4.69, 9.17) is 9.84 Å². The lowest BCUT2D eigenvalue weighted by Gasteiger charge is -2.22. The summed E-state index contributed by atoms with van der Waals surface area (Å²) in [5.74, 6) is 0.00598. The van der Waals surface area contributed by atoms with Crippen LogP contribution in [0.2, 0.25) is 0 Å². The fourth-order valence-corrected chi connectivity index (χ4v) is 2.18. The largest absolute Gasteiger partial charge is 0.395 e. The molecule has 3 N–H and O–H groups in total. The first-order valence-corrected chi connectivity index (χ1v) is 6.33. The molecular formula is C12H24N2O3. The highest BCUT2D eigenvalue weighted by Gasteiger charge is 2.22. The number of methoxy groups -OCH3 is 1. The van der Waals surface area contributed by atoms with Crippen LogP contribution in [0.5, 0.6) is 0 Å². The molecule has 0 heterocycles. The van der Waals surface area contributed by atoms with E-state index in [0.717, 1.165) is 12.8 Å². The summed E-state index contributed by atoms with van der Waals surface area (Å²) in [4.78, 5) is 11.9. The third kappa shape index (κ3) is 5.02. The van der Waals surface area contributed by atoms with Crippen LogP contribution < -0.4 is 10.6 Å². The Balaban J connectivity index is 2.29. The van der Waals surface area contributed by atoms with E-state index in [1.807, 2.05) is 6.92 Å². The minimum Gasteiger partial charge on any atom is -0.395 e. The van der Waals surface area contributed by atoms with Crippen molar-refractivity contribution in [1.82, 2.24) is 10.6 Å². The van der Waals surface area contributed by atoms with Crippen LogP contribution in [0.25, 0.3) is 0 Å². The molecule has 1 saturated carbocycles. The van der Waals surface area contributed by atoms with Gasteiger partial charge in [-0.1, -0.05) is 12.8 Å². The van der Waals surface area contributed by atoms with Gasteiger partial charge >= 0.3 is 0 Å². The van der Waals surface area contributed by atoms with Crippen molar-refractivity contribution in [2.75, 3.05) is 20.3 Å². The minimum atomic E-state index is -0.303. The standard InChI is InChI=1S/C12H24N2O3/c1-9(13-11(7-15)8-17-2)12(16)14-10-5-3-4-6-10/h9-11,13,15H,3-8H2,1-2H3,(H,14,16). The van der Waals surface area contributed by atoms with Gasteiger partial charge in [-0.05, 0) is 19.8 Å². The van der Waals surface area contributed by atoms with E-state index < -0.39 is 0 Å². The number of hydrogen-bond acceptors (Lipinski definition) is 4. The number of carbonyl (C=O) groups is 1. The van der Waals surface area contributed by atoms with Crippen LogP contribution in [0, 0.1) is 0 Å². The van der Waals surface area contributed by atoms with Crippen molar-refractivity contribution >= 4 is 5.91 Å². The fraction of sp³-hybridized carbons (Fsp3) is 0.917. The highest BCUT2D eigenvalue weighted by atomic mass is 16.5. The summed E-state index contributed by atoms with van der Waals surface area (Å²) in [5.41, 5.74) is 0. The molecule has 0 spiro atoms. The molecule has 0 aromatic rings. The van der Waals surface area contributed by atoms with Crippen LogP contribution in [0.4, 0.5) is 0 Å². The first-order chi connectivity index (χ1) is 8.17. The van der Waals surface area contributed by atoms with Crippen LogP contribution >= 0.6 is 0 Å². The molecule has 1 aliphatic carbocycles. The van der Waals surface area contributed by atoms with Crippen molar-refractivity contribution in [2.24, 2.45) is 0 Å². The maximum atomic E-state index is 11.9. The third-order valence-corrected chi connectivity index (χ3v) is 3.17. The van der Waals surface area contributed by atoms with Crippen molar-refractivity contribution < 1.29 is 14.6 Å². The molecule has 0 aliphatic heterocycles. The molecular weight excluding hydrogens is 220 g/mol. The average Bonchev–Trinajstić information content (AvgIpc) is 2.81. The Morgan fingerprint density at radius 1 is 1.47 bits per heavy atom. The van der Waals surface area contributed by atoms with E-state index in [2.05, 4.69) is 10.6 Å². The zero-order valence-corrected chi connectivity index (χ0v) is 10.7. The van der Waals surface area contributed by atoms with Crippen LogP contribution in [-0.2, 0) is 9.53 Å². The molecule has 5 nitrogen and oxygen atoms in total. The number of ether oxygens (including phenoxy) is 1. The Kier molecular flexibility index (Phi) is 6.47. The summed E-state index contributed by atoms with van der Waals surface area (Å²) in [7, 11) is 1.58. The lowest BCUT2D eigenvalue weighted by atomic mass is 10.2. The molecule has 0 saturated heterocycles. The van der Waals surface area contributed by atoms with E-state index in [-0.39, 0.29) is 24.6 Å². The maximum Gasteiger partial charge on any atom is 0.237 e. The molecule has 0 radical (unpaired) electrons.